The smallest absolute Gasteiger partial charge is 0.0331 e. The Kier molecular flexibility index (Phi) is 1.70. The van der Waals surface area contributed by atoms with Crippen LogP contribution in [0.25, 0.3) is 0 Å². The van der Waals surface area contributed by atoms with Crippen LogP contribution in [0, 0.1) is 11.8 Å². The van der Waals surface area contributed by atoms with Gasteiger partial charge in [-0.1, -0.05) is 19.9 Å². The molecule has 2 atom stereocenters. The van der Waals surface area contributed by atoms with Gasteiger partial charge in [0.1, 0.15) is 0 Å². The molecule has 1 aliphatic rings. The SMILES string of the molecule is CC1=CC(C)[C@H](C)C=N1. The molecule has 0 aromatic heterocycles. The minimum absolute atomic E-state index is 0.619. The van der Waals surface area contributed by atoms with E-state index in [4.69, 9.17) is 0 Å². The van der Waals surface area contributed by atoms with Crippen LogP contribution >= 0.6 is 0 Å². The molecule has 0 amide bonds. The summed E-state index contributed by atoms with van der Waals surface area (Å²) in [6.45, 7) is 6.45. The quantitative estimate of drug-likeness (QED) is 0.468. The van der Waals surface area contributed by atoms with Gasteiger partial charge in [0, 0.05) is 11.9 Å². The van der Waals surface area contributed by atoms with Crippen molar-refractivity contribution in [3.63, 3.8) is 0 Å². The van der Waals surface area contributed by atoms with Gasteiger partial charge in [-0.3, -0.25) is 4.99 Å². The largest absolute Gasteiger partial charge is 0.266 e. The lowest BCUT2D eigenvalue weighted by Gasteiger charge is -2.15. The molecule has 0 saturated heterocycles. The fraction of sp³-hybridized carbons (Fsp3) is 0.625. The first kappa shape index (κ1) is 6.53. The molecule has 0 radical (unpaired) electrons. The average Bonchev–Trinajstić information content (AvgIpc) is 1.80. The Morgan fingerprint density at radius 1 is 1.33 bits per heavy atom. The number of aliphatic imine (C=N–C) groups is 1. The highest BCUT2D eigenvalue weighted by molar-refractivity contribution is 5.63. The number of rotatable bonds is 0. The van der Waals surface area contributed by atoms with Crippen molar-refractivity contribution in [1.82, 2.24) is 0 Å². The standard InChI is InChI=1S/C8H13N/c1-6-4-8(3)9-5-7(6)2/h4-7H,1-3H3/t6?,7-/m1/s1. The fourth-order valence-corrected chi connectivity index (χ4v) is 0.946. The van der Waals surface area contributed by atoms with Crippen molar-refractivity contribution in [2.45, 2.75) is 20.8 Å². The van der Waals surface area contributed by atoms with E-state index in [2.05, 4.69) is 24.9 Å². The molecule has 50 valence electrons. The third-order valence-electron chi connectivity index (χ3n) is 1.85. The summed E-state index contributed by atoms with van der Waals surface area (Å²) in [5.41, 5.74) is 1.15. The van der Waals surface area contributed by atoms with Crippen LogP contribution in [0.4, 0.5) is 0 Å². The third kappa shape index (κ3) is 1.41. The lowest BCUT2D eigenvalue weighted by atomic mass is 9.94. The molecule has 1 heterocycles. The van der Waals surface area contributed by atoms with E-state index in [1.807, 2.05) is 13.1 Å². The highest BCUT2D eigenvalue weighted by Crippen LogP contribution is 2.17. The Hall–Kier alpha value is -0.590. The van der Waals surface area contributed by atoms with Crippen molar-refractivity contribution in [1.29, 1.82) is 0 Å². The van der Waals surface area contributed by atoms with Gasteiger partial charge in [0.25, 0.3) is 0 Å². The number of hydrogen-bond donors (Lipinski definition) is 0. The predicted molar refractivity (Wildman–Crippen MR) is 40.6 cm³/mol. The van der Waals surface area contributed by atoms with Gasteiger partial charge in [-0.05, 0) is 18.8 Å². The number of nitrogens with zero attached hydrogens (tertiary/aromatic N) is 1. The van der Waals surface area contributed by atoms with E-state index in [1.54, 1.807) is 0 Å². The van der Waals surface area contributed by atoms with E-state index in [-0.39, 0.29) is 0 Å². The van der Waals surface area contributed by atoms with Gasteiger partial charge < -0.3 is 0 Å². The first-order chi connectivity index (χ1) is 4.20. The van der Waals surface area contributed by atoms with Crippen molar-refractivity contribution in [2.75, 3.05) is 0 Å². The first-order valence-corrected chi connectivity index (χ1v) is 3.43. The molecular formula is C8H13N. The minimum Gasteiger partial charge on any atom is -0.266 e. The molecule has 0 aromatic rings. The highest BCUT2D eigenvalue weighted by Gasteiger charge is 2.10. The predicted octanol–water partition coefficient (Wildman–Crippen LogP) is 2.25. The lowest BCUT2D eigenvalue weighted by Crippen LogP contribution is -2.10. The third-order valence-corrected chi connectivity index (χ3v) is 1.85. The van der Waals surface area contributed by atoms with Crippen LogP contribution in [0.15, 0.2) is 16.8 Å². The molecule has 0 saturated carbocycles. The van der Waals surface area contributed by atoms with Crippen molar-refractivity contribution in [2.24, 2.45) is 16.8 Å². The van der Waals surface area contributed by atoms with Gasteiger partial charge in [0.15, 0.2) is 0 Å². The molecule has 1 aliphatic heterocycles. The molecule has 9 heavy (non-hydrogen) atoms. The Bertz CT molecular complexity index is 156. The summed E-state index contributed by atoms with van der Waals surface area (Å²) in [5, 5.41) is 0. The summed E-state index contributed by atoms with van der Waals surface area (Å²) < 4.78 is 0. The van der Waals surface area contributed by atoms with Gasteiger partial charge in [0.05, 0.1) is 0 Å². The molecule has 1 rings (SSSR count). The van der Waals surface area contributed by atoms with E-state index in [9.17, 15) is 0 Å². The van der Waals surface area contributed by atoms with Gasteiger partial charge in [-0.15, -0.1) is 0 Å². The Morgan fingerprint density at radius 3 is 2.44 bits per heavy atom. The van der Waals surface area contributed by atoms with E-state index < -0.39 is 0 Å². The molecule has 0 fully saturated rings. The highest BCUT2D eigenvalue weighted by atomic mass is 14.7. The zero-order valence-electron chi connectivity index (χ0n) is 6.26. The number of allylic oxidation sites excluding steroid dienone is 2. The van der Waals surface area contributed by atoms with Crippen molar-refractivity contribution in [3.05, 3.63) is 11.8 Å². The lowest BCUT2D eigenvalue weighted by molar-refractivity contribution is 0.586. The summed E-state index contributed by atoms with van der Waals surface area (Å²) >= 11 is 0. The van der Waals surface area contributed by atoms with Gasteiger partial charge in [-0.2, -0.15) is 0 Å². The normalized spacial score (nSPS) is 34.3. The summed E-state index contributed by atoms with van der Waals surface area (Å²) in [6, 6.07) is 0. The maximum Gasteiger partial charge on any atom is 0.0331 e. The van der Waals surface area contributed by atoms with E-state index >= 15 is 0 Å². The monoisotopic (exact) mass is 123 g/mol. The maximum absolute atomic E-state index is 4.20. The fourth-order valence-electron chi connectivity index (χ4n) is 0.946. The number of hydrogen-bond acceptors (Lipinski definition) is 1. The topological polar surface area (TPSA) is 12.4 Å². The average molecular weight is 123 g/mol. The molecule has 0 aromatic carbocycles. The molecule has 1 heteroatoms. The maximum atomic E-state index is 4.20. The van der Waals surface area contributed by atoms with E-state index in [0.29, 0.717) is 11.8 Å². The Morgan fingerprint density at radius 2 is 2.00 bits per heavy atom. The minimum atomic E-state index is 0.619. The van der Waals surface area contributed by atoms with Crippen LogP contribution in [-0.2, 0) is 0 Å². The van der Waals surface area contributed by atoms with Gasteiger partial charge >= 0.3 is 0 Å². The zero-order valence-corrected chi connectivity index (χ0v) is 6.26. The Balaban J connectivity index is 2.70. The molecule has 1 unspecified atom stereocenters. The van der Waals surface area contributed by atoms with Crippen LogP contribution in [0.1, 0.15) is 20.8 Å². The van der Waals surface area contributed by atoms with Crippen LogP contribution in [0.5, 0.6) is 0 Å². The van der Waals surface area contributed by atoms with E-state index in [0.717, 1.165) is 5.70 Å². The van der Waals surface area contributed by atoms with Crippen molar-refractivity contribution >= 4 is 6.21 Å². The second-order valence-electron chi connectivity index (χ2n) is 2.80. The summed E-state index contributed by atoms with van der Waals surface area (Å²) in [6.07, 6.45) is 4.24. The molecule has 0 N–H and O–H groups in total. The van der Waals surface area contributed by atoms with Crippen LogP contribution in [0.2, 0.25) is 0 Å². The molecule has 1 nitrogen and oxygen atoms in total. The molecule has 0 spiro atoms. The summed E-state index contributed by atoms with van der Waals surface area (Å²) in [4.78, 5) is 4.20. The Labute approximate surface area is 56.5 Å². The van der Waals surface area contributed by atoms with Crippen molar-refractivity contribution in [3.8, 4) is 0 Å². The van der Waals surface area contributed by atoms with Crippen LogP contribution in [0.3, 0.4) is 0 Å². The molecule has 0 aliphatic carbocycles. The molecular weight excluding hydrogens is 110 g/mol. The van der Waals surface area contributed by atoms with E-state index in [1.165, 1.54) is 0 Å². The zero-order chi connectivity index (χ0) is 6.85. The summed E-state index contributed by atoms with van der Waals surface area (Å²) in [5.74, 6) is 1.29. The van der Waals surface area contributed by atoms with Crippen molar-refractivity contribution < 1.29 is 0 Å². The molecule has 0 bridgehead atoms. The van der Waals surface area contributed by atoms with Gasteiger partial charge in [-0.25, -0.2) is 0 Å². The first-order valence-electron chi connectivity index (χ1n) is 3.43. The van der Waals surface area contributed by atoms with Gasteiger partial charge in [0.2, 0.25) is 0 Å². The second kappa shape index (κ2) is 2.34. The van der Waals surface area contributed by atoms with Crippen LogP contribution in [-0.4, -0.2) is 6.21 Å². The summed E-state index contributed by atoms with van der Waals surface area (Å²) in [7, 11) is 0. The second-order valence-corrected chi connectivity index (χ2v) is 2.80. The van der Waals surface area contributed by atoms with Crippen LogP contribution < -0.4 is 0 Å².